The molecule has 0 radical (unpaired) electrons. The van der Waals surface area contributed by atoms with E-state index in [2.05, 4.69) is 10.6 Å². The van der Waals surface area contributed by atoms with Gasteiger partial charge in [0.05, 0.1) is 35.7 Å². The molecule has 1 atom stereocenters. The van der Waals surface area contributed by atoms with E-state index < -0.39 is 18.0 Å². The van der Waals surface area contributed by atoms with Crippen molar-refractivity contribution >= 4 is 12.0 Å². The number of aryl methyl sites for hydroxylation is 1. The van der Waals surface area contributed by atoms with Gasteiger partial charge < -0.3 is 20.1 Å². The monoisotopic (exact) mass is 474 g/mol. The number of ether oxygens (including phenoxy) is 2. The number of aromatic nitrogens is 2. The topological polar surface area (TPSA) is 94.5 Å². The van der Waals surface area contributed by atoms with Gasteiger partial charge in [0.2, 0.25) is 0 Å². The molecule has 3 aromatic rings. The fourth-order valence-corrected chi connectivity index (χ4v) is 4.13. The second-order valence-electron chi connectivity index (χ2n) is 8.65. The highest BCUT2D eigenvalue weighted by molar-refractivity contribution is 5.95. The maximum absolute atomic E-state index is 12.9. The van der Waals surface area contributed by atoms with Gasteiger partial charge in [-0.05, 0) is 70.5 Å². The minimum atomic E-state index is -0.734. The summed E-state index contributed by atoms with van der Waals surface area (Å²) in [7, 11) is 0. The van der Waals surface area contributed by atoms with Gasteiger partial charge in [0.15, 0.2) is 0 Å². The van der Waals surface area contributed by atoms with E-state index in [9.17, 15) is 9.59 Å². The summed E-state index contributed by atoms with van der Waals surface area (Å²) in [6.07, 6.45) is 1.90. The van der Waals surface area contributed by atoms with Gasteiger partial charge in [-0.1, -0.05) is 18.2 Å². The zero-order valence-electron chi connectivity index (χ0n) is 20.6. The third-order valence-corrected chi connectivity index (χ3v) is 5.65. The molecule has 2 N–H and O–H groups in total. The Bertz CT molecular complexity index is 1280. The van der Waals surface area contributed by atoms with Crippen molar-refractivity contribution in [3.63, 3.8) is 0 Å². The number of amides is 2. The van der Waals surface area contributed by atoms with Crippen LogP contribution in [0.5, 0.6) is 5.75 Å². The maximum Gasteiger partial charge on any atom is 0.338 e. The Labute approximate surface area is 204 Å². The van der Waals surface area contributed by atoms with Gasteiger partial charge in [-0.15, -0.1) is 0 Å². The fourth-order valence-electron chi connectivity index (χ4n) is 4.13. The number of carbonyl (C=O) groups excluding carboxylic acids is 2. The molecule has 0 saturated heterocycles. The molecular formula is C27H30N4O4. The van der Waals surface area contributed by atoms with E-state index in [1.807, 2.05) is 75.5 Å². The lowest BCUT2D eigenvalue weighted by atomic mass is 9.93. The van der Waals surface area contributed by atoms with Crippen LogP contribution in [0.3, 0.4) is 0 Å². The summed E-state index contributed by atoms with van der Waals surface area (Å²) in [4.78, 5) is 25.4. The normalized spacial score (nSPS) is 15.6. The Morgan fingerprint density at radius 1 is 1.14 bits per heavy atom. The van der Waals surface area contributed by atoms with Crippen molar-refractivity contribution in [3.8, 4) is 22.7 Å². The Morgan fingerprint density at radius 2 is 1.89 bits per heavy atom. The highest BCUT2D eigenvalue weighted by atomic mass is 16.5. The van der Waals surface area contributed by atoms with Crippen molar-refractivity contribution in [1.29, 1.82) is 0 Å². The average Bonchev–Trinajstić information content (AvgIpc) is 3.26. The molecule has 1 aliphatic rings. The molecule has 8 nitrogen and oxygen atoms in total. The summed E-state index contributed by atoms with van der Waals surface area (Å²) in [6.45, 7) is 9.62. The van der Waals surface area contributed by atoms with E-state index in [-0.39, 0.29) is 12.7 Å². The van der Waals surface area contributed by atoms with Crippen LogP contribution in [0.1, 0.15) is 44.9 Å². The van der Waals surface area contributed by atoms with E-state index in [1.165, 1.54) is 0 Å². The highest BCUT2D eigenvalue weighted by Gasteiger charge is 2.35. The van der Waals surface area contributed by atoms with Crippen LogP contribution in [-0.4, -0.2) is 34.5 Å². The van der Waals surface area contributed by atoms with Crippen LogP contribution in [0.15, 0.2) is 66.0 Å². The molecule has 0 fully saturated rings. The van der Waals surface area contributed by atoms with Crippen LogP contribution in [-0.2, 0) is 9.53 Å². The summed E-state index contributed by atoms with van der Waals surface area (Å²) in [6, 6.07) is 14.4. The third-order valence-electron chi connectivity index (χ3n) is 5.65. The zero-order valence-corrected chi connectivity index (χ0v) is 20.6. The van der Waals surface area contributed by atoms with Crippen molar-refractivity contribution in [1.82, 2.24) is 20.4 Å². The van der Waals surface area contributed by atoms with Crippen molar-refractivity contribution < 1.29 is 19.1 Å². The summed E-state index contributed by atoms with van der Waals surface area (Å²) in [5.41, 5.74) is 4.79. The summed E-state index contributed by atoms with van der Waals surface area (Å²) in [5.74, 6) is 0.309. The van der Waals surface area contributed by atoms with E-state index in [0.717, 1.165) is 22.6 Å². The molecule has 2 heterocycles. The first-order valence-electron chi connectivity index (χ1n) is 11.7. The number of benzene rings is 2. The molecule has 4 rings (SSSR count). The molecule has 8 heteroatoms. The van der Waals surface area contributed by atoms with Crippen LogP contribution in [0.2, 0.25) is 0 Å². The molecule has 1 unspecified atom stereocenters. The van der Waals surface area contributed by atoms with Crippen molar-refractivity contribution in [3.05, 3.63) is 77.1 Å². The molecule has 1 aliphatic heterocycles. The van der Waals surface area contributed by atoms with Gasteiger partial charge in [-0.25, -0.2) is 14.3 Å². The van der Waals surface area contributed by atoms with E-state index in [1.54, 1.807) is 18.5 Å². The Balaban J connectivity index is 1.88. The van der Waals surface area contributed by atoms with Gasteiger partial charge in [0.25, 0.3) is 0 Å². The molecule has 35 heavy (non-hydrogen) atoms. The van der Waals surface area contributed by atoms with Crippen molar-refractivity contribution in [2.24, 2.45) is 0 Å². The second-order valence-corrected chi connectivity index (χ2v) is 8.65. The first-order chi connectivity index (χ1) is 16.8. The summed E-state index contributed by atoms with van der Waals surface area (Å²) < 4.78 is 13.0. The molecule has 0 spiro atoms. The standard InChI is InChI=1S/C27H30N4O4/c1-6-34-26(32)23-18(5)28-27(33)29-25(23)21-15-31(20-10-8-7-9-11-20)30-24(21)19-12-13-22(17(4)14-19)35-16(2)3/h7-16,25H,6H2,1-5H3,(H2,28,29,33). The molecular weight excluding hydrogens is 444 g/mol. The number of urea groups is 1. The number of rotatable bonds is 7. The van der Waals surface area contributed by atoms with Crippen LogP contribution in [0.25, 0.3) is 16.9 Å². The minimum absolute atomic E-state index is 0.0533. The summed E-state index contributed by atoms with van der Waals surface area (Å²) in [5, 5.41) is 10.5. The molecule has 0 aliphatic carbocycles. The van der Waals surface area contributed by atoms with Gasteiger partial charge in [0.1, 0.15) is 5.75 Å². The number of hydrogen-bond donors (Lipinski definition) is 2. The molecule has 1 aromatic heterocycles. The molecule has 2 amide bonds. The lowest BCUT2D eigenvalue weighted by Gasteiger charge is -2.27. The number of para-hydroxylation sites is 1. The predicted octanol–water partition coefficient (Wildman–Crippen LogP) is 4.83. The van der Waals surface area contributed by atoms with E-state index in [0.29, 0.717) is 22.5 Å². The van der Waals surface area contributed by atoms with E-state index in [4.69, 9.17) is 14.6 Å². The maximum atomic E-state index is 12.9. The Hall–Kier alpha value is -4.07. The highest BCUT2D eigenvalue weighted by Crippen LogP contribution is 2.36. The first kappa shape index (κ1) is 24.1. The smallest absolute Gasteiger partial charge is 0.338 e. The minimum Gasteiger partial charge on any atom is -0.491 e. The lowest BCUT2D eigenvalue weighted by Crippen LogP contribution is -2.45. The van der Waals surface area contributed by atoms with Gasteiger partial charge in [-0.3, -0.25) is 0 Å². The first-order valence-corrected chi connectivity index (χ1v) is 11.7. The molecule has 0 bridgehead atoms. The van der Waals surface area contributed by atoms with Crippen LogP contribution in [0, 0.1) is 6.92 Å². The zero-order chi connectivity index (χ0) is 25.1. The Kier molecular flexibility index (Phi) is 6.91. The lowest BCUT2D eigenvalue weighted by molar-refractivity contribution is -0.139. The average molecular weight is 475 g/mol. The Morgan fingerprint density at radius 3 is 2.54 bits per heavy atom. The largest absolute Gasteiger partial charge is 0.491 e. The fraction of sp³-hybridized carbons (Fsp3) is 0.296. The van der Waals surface area contributed by atoms with Gasteiger partial charge in [-0.2, -0.15) is 5.10 Å². The number of nitrogens with zero attached hydrogens (tertiary/aromatic N) is 2. The number of esters is 1. The number of allylic oxidation sites excluding steroid dienone is 1. The molecule has 0 saturated carbocycles. The van der Waals surface area contributed by atoms with Gasteiger partial charge >= 0.3 is 12.0 Å². The number of hydrogen-bond acceptors (Lipinski definition) is 5. The molecule has 182 valence electrons. The van der Waals surface area contributed by atoms with Crippen molar-refractivity contribution in [2.75, 3.05) is 6.61 Å². The predicted molar refractivity (Wildman–Crippen MR) is 133 cm³/mol. The second kappa shape index (κ2) is 10.0. The van der Waals surface area contributed by atoms with E-state index >= 15 is 0 Å². The van der Waals surface area contributed by atoms with Crippen LogP contribution in [0.4, 0.5) is 4.79 Å². The SMILES string of the molecule is CCOC(=O)C1=C(C)NC(=O)NC1c1cn(-c2ccccc2)nc1-c1ccc(OC(C)C)c(C)c1. The van der Waals surface area contributed by atoms with Crippen molar-refractivity contribution in [2.45, 2.75) is 46.8 Å². The number of nitrogens with one attached hydrogen (secondary N) is 2. The third kappa shape index (κ3) is 5.06. The number of carbonyl (C=O) groups is 2. The van der Waals surface area contributed by atoms with Crippen LogP contribution >= 0.6 is 0 Å². The van der Waals surface area contributed by atoms with Gasteiger partial charge in [0, 0.05) is 23.0 Å². The summed E-state index contributed by atoms with van der Waals surface area (Å²) >= 11 is 0. The van der Waals surface area contributed by atoms with Crippen LogP contribution < -0.4 is 15.4 Å². The molecule has 2 aromatic carbocycles. The quantitative estimate of drug-likeness (QED) is 0.479.